The Hall–Kier alpha value is -3.26. The minimum atomic E-state index is -0.215. The van der Waals surface area contributed by atoms with Crippen LogP contribution in [0.3, 0.4) is 0 Å². The summed E-state index contributed by atoms with van der Waals surface area (Å²) < 4.78 is 5.75. The molecule has 0 saturated carbocycles. The number of hydrogen-bond donors (Lipinski definition) is 2. The molecule has 0 aliphatic heterocycles. The van der Waals surface area contributed by atoms with Crippen molar-refractivity contribution in [3.05, 3.63) is 65.9 Å². The Balaban J connectivity index is 1.56. The number of rotatable bonds is 5. The van der Waals surface area contributed by atoms with Crippen molar-refractivity contribution < 1.29 is 9.21 Å². The molecule has 0 bridgehead atoms. The van der Waals surface area contributed by atoms with Crippen LogP contribution in [0, 0.1) is 11.3 Å². The number of carbonyl (C=O) groups is 1. The molecule has 3 rings (SSSR count). The van der Waals surface area contributed by atoms with Crippen molar-refractivity contribution in [1.82, 2.24) is 5.32 Å². The lowest BCUT2D eigenvalue weighted by molar-refractivity contribution is -0.120. The highest BCUT2D eigenvalue weighted by Gasteiger charge is 2.13. The first-order chi connectivity index (χ1) is 11.7. The van der Waals surface area contributed by atoms with Crippen molar-refractivity contribution in [2.45, 2.75) is 13.0 Å². The van der Waals surface area contributed by atoms with Crippen LogP contribution < -0.4 is 10.6 Å². The number of nitrogens with zero attached hydrogens (tertiary/aromatic N) is 1. The number of anilines is 1. The highest BCUT2D eigenvalue weighted by Crippen LogP contribution is 2.23. The van der Waals surface area contributed by atoms with E-state index >= 15 is 0 Å². The third kappa shape index (κ3) is 3.55. The van der Waals surface area contributed by atoms with Crippen molar-refractivity contribution in [2.24, 2.45) is 0 Å². The van der Waals surface area contributed by atoms with Crippen molar-refractivity contribution in [1.29, 1.82) is 5.26 Å². The topological polar surface area (TPSA) is 78.1 Å². The van der Waals surface area contributed by atoms with E-state index in [1.165, 1.54) is 0 Å². The minimum absolute atomic E-state index is 0.132. The Bertz CT molecular complexity index is 858. The quantitative estimate of drug-likeness (QED) is 0.753. The zero-order chi connectivity index (χ0) is 16.9. The van der Waals surface area contributed by atoms with E-state index in [9.17, 15) is 4.79 Å². The van der Waals surface area contributed by atoms with Gasteiger partial charge in [0.15, 0.2) is 0 Å². The summed E-state index contributed by atoms with van der Waals surface area (Å²) in [6, 6.07) is 18.5. The lowest BCUT2D eigenvalue weighted by Crippen LogP contribution is -2.31. The molecular weight excluding hydrogens is 302 g/mol. The van der Waals surface area contributed by atoms with Gasteiger partial charge in [0.1, 0.15) is 11.3 Å². The van der Waals surface area contributed by atoms with Gasteiger partial charge in [-0.25, -0.2) is 0 Å². The summed E-state index contributed by atoms with van der Waals surface area (Å²) >= 11 is 0. The highest BCUT2D eigenvalue weighted by atomic mass is 16.3. The molecule has 5 heteroatoms. The maximum Gasteiger partial charge on any atom is 0.239 e. The molecule has 0 fully saturated rings. The van der Waals surface area contributed by atoms with E-state index in [2.05, 4.69) is 16.7 Å². The Morgan fingerprint density at radius 1 is 1.21 bits per heavy atom. The molecule has 1 amide bonds. The van der Waals surface area contributed by atoms with E-state index in [0.717, 1.165) is 22.4 Å². The molecule has 0 radical (unpaired) electrons. The summed E-state index contributed by atoms with van der Waals surface area (Å²) in [5, 5.41) is 15.7. The molecule has 2 aromatic carbocycles. The summed E-state index contributed by atoms with van der Waals surface area (Å²) in [7, 11) is 0. The molecule has 24 heavy (non-hydrogen) atoms. The van der Waals surface area contributed by atoms with Crippen LogP contribution in [0.1, 0.15) is 24.3 Å². The number of para-hydroxylation sites is 1. The van der Waals surface area contributed by atoms with Crippen LogP contribution in [-0.2, 0) is 4.79 Å². The normalized spacial score (nSPS) is 11.7. The van der Waals surface area contributed by atoms with E-state index in [1.54, 1.807) is 24.3 Å². The van der Waals surface area contributed by atoms with Gasteiger partial charge in [-0.05, 0) is 43.3 Å². The summed E-state index contributed by atoms with van der Waals surface area (Å²) in [4.78, 5) is 12.1. The van der Waals surface area contributed by atoms with Gasteiger partial charge in [-0.1, -0.05) is 18.2 Å². The molecule has 0 saturated heterocycles. The minimum Gasteiger partial charge on any atom is -0.459 e. The predicted molar refractivity (Wildman–Crippen MR) is 92.4 cm³/mol. The fourth-order valence-electron chi connectivity index (χ4n) is 2.42. The van der Waals surface area contributed by atoms with Gasteiger partial charge in [-0.2, -0.15) is 5.26 Å². The van der Waals surface area contributed by atoms with Crippen molar-refractivity contribution in [2.75, 3.05) is 11.9 Å². The molecule has 3 aromatic rings. The summed E-state index contributed by atoms with van der Waals surface area (Å²) in [6.45, 7) is 2.04. The van der Waals surface area contributed by atoms with Crippen molar-refractivity contribution >= 4 is 22.6 Å². The number of fused-ring (bicyclic) bond motifs is 1. The van der Waals surface area contributed by atoms with Crippen LogP contribution in [0.2, 0.25) is 0 Å². The van der Waals surface area contributed by atoms with Crippen LogP contribution in [0.5, 0.6) is 0 Å². The van der Waals surface area contributed by atoms with Gasteiger partial charge in [0.2, 0.25) is 5.91 Å². The molecule has 1 atom stereocenters. The molecule has 2 N–H and O–H groups in total. The van der Waals surface area contributed by atoms with Crippen LogP contribution in [-0.4, -0.2) is 12.5 Å². The Morgan fingerprint density at radius 2 is 1.96 bits per heavy atom. The van der Waals surface area contributed by atoms with Crippen molar-refractivity contribution in [3.8, 4) is 6.07 Å². The standard InChI is InChI=1S/C19H17N3O2/c1-13(18-10-15-4-2-3-5-17(15)24-18)22-19(23)12-21-16-8-6-14(11-20)7-9-16/h2-10,13,21H,12H2,1H3,(H,22,23). The fraction of sp³-hybridized carbons (Fsp3) is 0.158. The number of nitrogens with one attached hydrogen (secondary N) is 2. The smallest absolute Gasteiger partial charge is 0.239 e. The predicted octanol–water partition coefficient (Wildman–Crippen LogP) is 3.59. The van der Waals surface area contributed by atoms with Gasteiger partial charge in [-0.3, -0.25) is 4.79 Å². The molecule has 5 nitrogen and oxygen atoms in total. The third-order valence-corrected chi connectivity index (χ3v) is 3.72. The number of nitriles is 1. The third-order valence-electron chi connectivity index (χ3n) is 3.72. The largest absolute Gasteiger partial charge is 0.459 e. The second-order valence-electron chi connectivity index (χ2n) is 5.52. The van der Waals surface area contributed by atoms with Crippen LogP contribution in [0.15, 0.2) is 59.0 Å². The van der Waals surface area contributed by atoms with Gasteiger partial charge in [-0.15, -0.1) is 0 Å². The van der Waals surface area contributed by atoms with E-state index in [4.69, 9.17) is 9.68 Å². The molecular formula is C19H17N3O2. The molecule has 0 aliphatic rings. The second-order valence-corrected chi connectivity index (χ2v) is 5.52. The Labute approximate surface area is 139 Å². The molecule has 120 valence electrons. The molecule has 1 heterocycles. The highest BCUT2D eigenvalue weighted by molar-refractivity contribution is 5.82. The number of benzene rings is 2. The Kier molecular flexibility index (Phi) is 4.48. The van der Waals surface area contributed by atoms with Gasteiger partial charge in [0.25, 0.3) is 0 Å². The second kappa shape index (κ2) is 6.88. The zero-order valence-electron chi connectivity index (χ0n) is 13.2. The van der Waals surface area contributed by atoms with Gasteiger partial charge in [0.05, 0.1) is 24.2 Å². The first-order valence-corrected chi connectivity index (χ1v) is 7.67. The van der Waals surface area contributed by atoms with E-state index in [-0.39, 0.29) is 18.5 Å². The molecule has 0 aliphatic carbocycles. The van der Waals surface area contributed by atoms with Crippen molar-refractivity contribution in [3.63, 3.8) is 0 Å². The number of hydrogen-bond acceptors (Lipinski definition) is 4. The number of furan rings is 1. The lowest BCUT2D eigenvalue weighted by atomic mass is 10.2. The van der Waals surface area contributed by atoms with Gasteiger partial charge < -0.3 is 15.1 Å². The molecule has 0 spiro atoms. The fourth-order valence-corrected chi connectivity index (χ4v) is 2.42. The number of amides is 1. The van der Waals surface area contributed by atoms with E-state index in [0.29, 0.717) is 5.56 Å². The average molecular weight is 319 g/mol. The number of carbonyl (C=O) groups excluding carboxylic acids is 1. The zero-order valence-corrected chi connectivity index (χ0v) is 13.2. The average Bonchev–Trinajstić information content (AvgIpc) is 3.05. The maximum atomic E-state index is 12.1. The SMILES string of the molecule is CC(NC(=O)CNc1ccc(C#N)cc1)c1cc2ccccc2o1. The van der Waals surface area contributed by atoms with Crippen LogP contribution in [0.4, 0.5) is 5.69 Å². The Morgan fingerprint density at radius 3 is 2.67 bits per heavy atom. The van der Waals surface area contributed by atoms with Gasteiger partial charge in [0, 0.05) is 11.1 Å². The molecule has 1 unspecified atom stereocenters. The van der Waals surface area contributed by atoms with E-state index in [1.807, 2.05) is 37.3 Å². The van der Waals surface area contributed by atoms with Gasteiger partial charge >= 0.3 is 0 Å². The summed E-state index contributed by atoms with van der Waals surface area (Å²) in [5.74, 6) is 0.593. The first kappa shape index (κ1) is 15.6. The monoisotopic (exact) mass is 319 g/mol. The molecule has 1 aromatic heterocycles. The lowest BCUT2D eigenvalue weighted by Gasteiger charge is -2.12. The van der Waals surface area contributed by atoms with Crippen LogP contribution >= 0.6 is 0 Å². The maximum absolute atomic E-state index is 12.1. The van der Waals surface area contributed by atoms with E-state index < -0.39 is 0 Å². The van der Waals surface area contributed by atoms with Crippen LogP contribution in [0.25, 0.3) is 11.0 Å². The summed E-state index contributed by atoms with van der Waals surface area (Å²) in [5.41, 5.74) is 2.19. The summed E-state index contributed by atoms with van der Waals surface area (Å²) in [6.07, 6.45) is 0. The first-order valence-electron chi connectivity index (χ1n) is 7.67.